The molecule has 0 unspecified atom stereocenters. The number of hydrogen-bond acceptors (Lipinski definition) is 3. The molecule has 0 aliphatic heterocycles. The molecule has 3 N–H and O–H groups in total. The van der Waals surface area contributed by atoms with Gasteiger partial charge in [0.1, 0.15) is 0 Å². The van der Waals surface area contributed by atoms with E-state index in [0.29, 0.717) is 6.54 Å². The number of aromatic nitrogens is 1. The smallest absolute Gasteiger partial charge is 0.227 e. The Kier molecular flexibility index (Phi) is 4.01. The Labute approximate surface area is 96.3 Å². The fourth-order valence-electron chi connectivity index (χ4n) is 1.22. The maximum Gasteiger partial charge on any atom is 0.227 e. The number of rotatable bonds is 4. The highest BCUT2D eigenvalue weighted by Crippen LogP contribution is 2.16. The van der Waals surface area contributed by atoms with Crippen LogP contribution in [0.2, 0.25) is 0 Å². The van der Waals surface area contributed by atoms with Gasteiger partial charge in [-0.3, -0.25) is 9.78 Å². The van der Waals surface area contributed by atoms with E-state index >= 15 is 0 Å². The summed E-state index contributed by atoms with van der Waals surface area (Å²) in [5.41, 5.74) is 6.06. The molecule has 1 amide bonds. The Morgan fingerprint density at radius 2 is 2.06 bits per heavy atom. The predicted molar refractivity (Wildman–Crippen MR) is 63.6 cm³/mol. The molecule has 1 rings (SSSR count). The van der Waals surface area contributed by atoms with E-state index in [1.54, 1.807) is 12.4 Å². The summed E-state index contributed by atoms with van der Waals surface area (Å²) in [6.07, 6.45) is 3.43. The summed E-state index contributed by atoms with van der Waals surface area (Å²) in [7, 11) is 0. The van der Waals surface area contributed by atoms with E-state index in [2.05, 4.69) is 10.3 Å². The minimum absolute atomic E-state index is 0.0266. The van der Waals surface area contributed by atoms with Crippen LogP contribution < -0.4 is 11.1 Å². The first-order chi connectivity index (χ1) is 7.47. The molecule has 0 spiro atoms. The Balaban J connectivity index is 2.66. The lowest BCUT2D eigenvalue weighted by Crippen LogP contribution is -2.42. The third-order valence-corrected chi connectivity index (χ3v) is 2.68. The van der Waals surface area contributed by atoms with Crippen molar-refractivity contribution in [3.8, 4) is 0 Å². The number of carbonyl (C=O) groups excluding carboxylic acids is 1. The van der Waals surface area contributed by atoms with Crippen LogP contribution in [-0.2, 0) is 4.79 Å². The SMILES string of the molecule is C[C@H](NC(=O)C(C)(C)CN)c1ccncc1. The minimum atomic E-state index is -0.526. The molecular formula is C12H19N3O. The number of pyridine rings is 1. The zero-order valence-corrected chi connectivity index (χ0v) is 10.0. The highest BCUT2D eigenvalue weighted by atomic mass is 16.2. The lowest BCUT2D eigenvalue weighted by molar-refractivity contribution is -0.129. The Morgan fingerprint density at radius 1 is 1.50 bits per heavy atom. The third kappa shape index (κ3) is 3.03. The Bertz CT molecular complexity index is 349. The first kappa shape index (κ1) is 12.6. The summed E-state index contributed by atoms with van der Waals surface area (Å²) < 4.78 is 0. The molecule has 16 heavy (non-hydrogen) atoms. The van der Waals surface area contributed by atoms with Gasteiger partial charge in [0.25, 0.3) is 0 Å². The van der Waals surface area contributed by atoms with E-state index in [0.717, 1.165) is 5.56 Å². The van der Waals surface area contributed by atoms with Crippen molar-refractivity contribution >= 4 is 5.91 Å². The van der Waals surface area contributed by atoms with Gasteiger partial charge in [-0.05, 0) is 38.5 Å². The molecular weight excluding hydrogens is 202 g/mol. The molecule has 88 valence electrons. The molecule has 1 atom stereocenters. The molecule has 0 fully saturated rings. The second-order valence-corrected chi connectivity index (χ2v) is 4.56. The summed E-state index contributed by atoms with van der Waals surface area (Å²) in [5, 5.41) is 2.94. The Morgan fingerprint density at radius 3 is 2.56 bits per heavy atom. The predicted octanol–water partition coefficient (Wildman–Crippen LogP) is 1.24. The fraction of sp³-hybridized carbons (Fsp3) is 0.500. The van der Waals surface area contributed by atoms with Crippen molar-refractivity contribution in [1.82, 2.24) is 10.3 Å². The number of amides is 1. The average molecular weight is 221 g/mol. The van der Waals surface area contributed by atoms with Crippen molar-refractivity contribution < 1.29 is 4.79 Å². The molecule has 4 heteroatoms. The molecule has 0 saturated carbocycles. The third-order valence-electron chi connectivity index (χ3n) is 2.68. The van der Waals surface area contributed by atoms with Gasteiger partial charge in [0, 0.05) is 18.9 Å². The molecule has 1 aromatic heterocycles. The fourth-order valence-corrected chi connectivity index (χ4v) is 1.22. The zero-order valence-electron chi connectivity index (χ0n) is 10.0. The van der Waals surface area contributed by atoms with Crippen LogP contribution in [0.5, 0.6) is 0 Å². The van der Waals surface area contributed by atoms with Gasteiger partial charge < -0.3 is 11.1 Å². The van der Waals surface area contributed by atoms with E-state index in [4.69, 9.17) is 5.73 Å². The highest BCUT2D eigenvalue weighted by molar-refractivity contribution is 5.82. The summed E-state index contributed by atoms with van der Waals surface area (Å²) in [6.45, 7) is 5.95. The molecule has 1 aromatic rings. The van der Waals surface area contributed by atoms with Gasteiger partial charge >= 0.3 is 0 Å². The van der Waals surface area contributed by atoms with Crippen molar-refractivity contribution in [2.24, 2.45) is 11.1 Å². The van der Waals surface area contributed by atoms with Crippen LogP contribution in [0, 0.1) is 5.41 Å². The van der Waals surface area contributed by atoms with Crippen molar-refractivity contribution in [2.45, 2.75) is 26.8 Å². The van der Waals surface area contributed by atoms with Crippen LogP contribution >= 0.6 is 0 Å². The average Bonchev–Trinajstić information content (AvgIpc) is 2.30. The molecule has 0 saturated heterocycles. The molecule has 0 aromatic carbocycles. The van der Waals surface area contributed by atoms with Gasteiger partial charge in [0.05, 0.1) is 11.5 Å². The quantitative estimate of drug-likeness (QED) is 0.804. The second-order valence-electron chi connectivity index (χ2n) is 4.56. The van der Waals surface area contributed by atoms with Crippen LogP contribution in [0.1, 0.15) is 32.4 Å². The summed E-state index contributed by atoms with van der Waals surface area (Å²) in [4.78, 5) is 15.8. The molecule has 1 heterocycles. The second kappa shape index (κ2) is 5.07. The number of nitrogens with zero attached hydrogens (tertiary/aromatic N) is 1. The largest absolute Gasteiger partial charge is 0.349 e. The number of carbonyl (C=O) groups is 1. The molecule has 0 aliphatic rings. The van der Waals surface area contributed by atoms with E-state index in [1.807, 2.05) is 32.9 Å². The van der Waals surface area contributed by atoms with Gasteiger partial charge in [0.2, 0.25) is 5.91 Å². The van der Waals surface area contributed by atoms with Gasteiger partial charge in [-0.15, -0.1) is 0 Å². The lowest BCUT2D eigenvalue weighted by Gasteiger charge is -2.24. The first-order valence-electron chi connectivity index (χ1n) is 5.38. The summed E-state index contributed by atoms with van der Waals surface area (Å²) in [6, 6.07) is 3.75. The van der Waals surface area contributed by atoms with Crippen molar-refractivity contribution in [3.05, 3.63) is 30.1 Å². The van der Waals surface area contributed by atoms with Crippen molar-refractivity contribution in [1.29, 1.82) is 0 Å². The van der Waals surface area contributed by atoms with Crippen molar-refractivity contribution in [3.63, 3.8) is 0 Å². The minimum Gasteiger partial charge on any atom is -0.349 e. The first-order valence-corrected chi connectivity index (χ1v) is 5.38. The standard InChI is InChI=1S/C12H19N3O/c1-9(10-4-6-14-7-5-10)15-11(16)12(2,3)8-13/h4-7,9H,8,13H2,1-3H3,(H,15,16)/t9-/m0/s1. The maximum absolute atomic E-state index is 11.9. The monoisotopic (exact) mass is 221 g/mol. The molecule has 0 bridgehead atoms. The van der Waals surface area contributed by atoms with E-state index < -0.39 is 5.41 Å². The van der Waals surface area contributed by atoms with Crippen LogP contribution in [0.15, 0.2) is 24.5 Å². The molecule has 0 radical (unpaired) electrons. The molecule has 4 nitrogen and oxygen atoms in total. The van der Waals surface area contributed by atoms with Crippen LogP contribution in [-0.4, -0.2) is 17.4 Å². The summed E-state index contributed by atoms with van der Waals surface area (Å²) >= 11 is 0. The Hall–Kier alpha value is -1.42. The van der Waals surface area contributed by atoms with E-state index in [-0.39, 0.29) is 11.9 Å². The van der Waals surface area contributed by atoms with Crippen molar-refractivity contribution in [2.75, 3.05) is 6.54 Å². The van der Waals surface area contributed by atoms with Crippen LogP contribution in [0.3, 0.4) is 0 Å². The molecule has 0 aliphatic carbocycles. The van der Waals surface area contributed by atoms with Gasteiger partial charge in [-0.25, -0.2) is 0 Å². The lowest BCUT2D eigenvalue weighted by atomic mass is 9.92. The number of nitrogens with two attached hydrogens (primary N) is 1. The number of hydrogen-bond donors (Lipinski definition) is 2. The highest BCUT2D eigenvalue weighted by Gasteiger charge is 2.26. The number of nitrogens with one attached hydrogen (secondary N) is 1. The zero-order chi connectivity index (χ0) is 12.2. The van der Waals surface area contributed by atoms with Gasteiger partial charge in [0.15, 0.2) is 0 Å². The van der Waals surface area contributed by atoms with Gasteiger partial charge in [-0.2, -0.15) is 0 Å². The topological polar surface area (TPSA) is 68.0 Å². The summed E-state index contributed by atoms with van der Waals surface area (Å²) in [5.74, 6) is -0.0284. The normalized spacial score (nSPS) is 13.2. The van der Waals surface area contributed by atoms with Crippen LogP contribution in [0.4, 0.5) is 0 Å². The van der Waals surface area contributed by atoms with Crippen LogP contribution in [0.25, 0.3) is 0 Å². The maximum atomic E-state index is 11.9. The van der Waals surface area contributed by atoms with E-state index in [9.17, 15) is 4.79 Å². The van der Waals surface area contributed by atoms with E-state index in [1.165, 1.54) is 0 Å². The van der Waals surface area contributed by atoms with Gasteiger partial charge in [-0.1, -0.05) is 0 Å².